The van der Waals surface area contributed by atoms with Crippen LogP contribution in [0.25, 0.3) is 22.5 Å². The Labute approximate surface area is 212 Å². The summed E-state index contributed by atoms with van der Waals surface area (Å²) in [4.78, 5) is 21.1. The van der Waals surface area contributed by atoms with E-state index < -0.39 is 14.2 Å². The van der Waals surface area contributed by atoms with E-state index in [1.54, 1.807) is 29.2 Å². The van der Waals surface area contributed by atoms with Crippen LogP contribution in [0.4, 0.5) is 4.79 Å². The Bertz CT molecular complexity index is 1170. The lowest BCUT2D eigenvalue weighted by Crippen LogP contribution is -2.37. The van der Waals surface area contributed by atoms with Crippen LogP contribution in [0.15, 0.2) is 43.0 Å². The summed E-state index contributed by atoms with van der Waals surface area (Å²) in [5, 5.41) is 17.8. The maximum absolute atomic E-state index is 12.4. The SMILES string of the molecule is C[Si](C)(C)CCOCn1ncnc1-c1cncc(-c2cc(OC(=O)NC3CCCCC3)ccc2O)c1. The molecule has 192 valence electrons. The van der Waals surface area contributed by atoms with Gasteiger partial charge in [-0.1, -0.05) is 38.9 Å². The van der Waals surface area contributed by atoms with E-state index in [0.717, 1.165) is 37.3 Å². The number of carbonyl (C=O) groups excluding carboxylic acids is 1. The first-order chi connectivity index (χ1) is 17.3. The summed E-state index contributed by atoms with van der Waals surface area (Å²) in [6.07, 6.45) is 9.75. The van der Waals surface area contributed by atoms with E-state index >= 15 is 0 Å². The van der Waals surface area contributed by atoms with Crippen LogP contribution in [0.3, 0.4) is 0 Å². The lowest BCUT2D eigenvalue weighted by atomic mass is 9.96. The average Bonchev–Trinajstić information content (AvgIpc) is 3.32. The van der Waals surface area contributed by atoms with Crippen molar-refractivity contribution in [2.45, 2.75) is 70.6 Å². The van der Waals surface area contributed by atoms with Gasteiger partial charge in [0, 0.05) is 49.8 Å². The first-order valence-electron chi connectivity index (χ1n) is 12.5. The first-order valence-corrected chi connectivity index (χ1v) is 16.2. The molecule has 0 aliphatic heterocycles. The number of ether oxygens (including phenoxy) is 2. The summed E-state index contributed by atoms with van der Waals surface area (Å²) in [5.74, 6) is 1.03. The average molecular weight is 510 g/mol. The van der Waals surface area contributed by atoms with Crippen LogP contribution >= 0.6 is 0 Å². The lowest BCUT2D eigenvalue weighted by Gasteiger charge is -2.22. The fourth-order valence-electron chi connectivity index (χ4n) is 4.18. The molecule has 36 heavy (non-hydrogen) atoms. The molecule has 0 unspecified atom stereocenters. The van der Waals surface area contributed by atoms with Gasteiger partial charge < -0.3 is 19.9 Å². The minimum absolute atomic E-state index is 0.0603. The lowest BCUT2D eigenvalue weighted by molar-refractivity contribution is 0.0796. The molecule has 1 aliphatic rings. The van der Waals surface area contributed by atoms with Gasteiger partial charge in [-0.3, -0.25) is 4.98 Å². The summed E-state index contributed by atoms with van der Waals surface area (Å²) in [5.41, 5.74) is 1.90. The number of nitrogens with one attached hydrogen (secondary N) is 1. The summed E-state index contributed by atoms with van der Waals surface area (Å²) in [6, 6.07) is 7.83. The molecule has 0 radical (unpaired) electrons. The second kappa shape index (κ2) is 11.7. The minimum Gasteiger partial charge on any atom is -0.507 e. The van der Waals surface area contributed by atoms with Crippen molar-refractivity contribution in [2.75, 3.05) is 6.61 Å². The van der Waals surface area contributed by atoms with E-state index in [0.29, 0.717) is 36.0 Å². The zero-order chi connectivity index (χ0) is 25.5. The van der Waals surface area contributed by atoms with E-state index in [-0.39, 0.29) is 11.8 Å². The Morgan fingerprint density at radius 2 is 1.92 bits per heavy atom. The Morgan fingerprint density at radius 3 is 2.69 bits per heavy atom. The molecular weight excluding hydrogens is 474 g/mol. The largest absolute Gasteiger partial charge is 0.507 e. The standard InChI is InChI=1S/C26H35N5O4Si/c1-36(2,3)12-11-34-18-31-25(28-17-29-31)20-13-19(15-27-16-20)23-14-22(9-10-24(23)32)35-26(33)30-21-7-5-4-6-8-21/h9-10,13-17,21,32H,4-8,11-12,18H2,1-3H3,(H,30,33). The number of benzene rings is 1. The molecule has 0 atom stereocenters. The summed E-state index contributed by atoms with van der Waals surface area (Å²) >= 11 is 0. The van der Waals surface area contributed by atoms with E-state index in [4.69, 9.17) is 9.47 Å². The molecule has 2 N–H and O–H groups in total. The van der Waals surface area contributed by atoms with Crippen molar-refractivity contribution < 1.29 is 19.4 Å². The van der Waals surface area contributed by atoms with Crippen LogP contribution in [0.2, 0.25) is 25.7 Å². The van der Waals surface area contributed by atoms with Crippen molar-refractivity contribution in [3.05, 3.63) is 43.0 Å². The van der Waals surface area contributed by atoms with Crippen LogP contribution < -0.4 is 10.1 Å². The molecule has 3 aromatic rings. The van der Waals surface area contributed by atoms with E-state index in [9.17, 15) is 9.90 Å². The highest BCUT2D eigenvalue weighted by Gasteiger charge is 2.18. The number of hydrogen-bond donors (Lipinski definition) is 2. The number of nitrogens with zero attached hydrogens (tertiary/aromatic N) is 4. The van der Waals surface area contributed by atoms with Crippen LogP contribution in [0.1, 0.15) is 32.1 Å². The number of rotatable bonds is 9. The molecule has 1 fully saturated rings. The van der Waals surface area contributed by atoms with Crippen LogP contribution in [-0.2, 0) is 11.5 Å². The van der Waals surface area contributed by atoms with Crippen molar-refractivity contribution in [1.29, 1.82) is 0 Å². The number of aromatic hydroxyl groups is 1. The zero-order valence-electron chi connectivity index (χ0n) is 21.2. The van der Waals surface area contributed by atoms with Crippen molar-refractivity contribution >= 4 is 14.2 Å². The summed E-state index contributed by atoms with van der Waals surface area (Å²) < 4.78 is 13.0. The normalized spacial score (nSPS) is 14.5. The van der Waals surface area contributed by atoms with E-state index in [1.807, 2.05) is 6.07 Å². The number of carbonyl (C=O) groups is 1. The third kappa shape index (κ3) is 7.14. The van der Waals surface area contributed by atoms with E-state index in [1.165, 1.54) is 18.8 Å². The third-order valence-corrected chi connectivity index (χ3v) is 7.94. The highest BCUT2D eigenvalue weighted by Crippen LogP contribution is 2.34. The number of phenolic OH excluding ortho intramolecular Hbond substituents is 1. The van der Waals surface area contributed by atoms with Gasteiger partial charge in [-0.25, -0.2) is 14.5 Å². The molecular formula is C26H35N5O4Si. The third-order valence-electron chi connectivity index (χ3n) is 6.24. The maximum Gasteiger partial charge on any atom is 0.412 e. The predicted molar refractivity (Wildman–Crippen MR) is 140 cm³/mol. The number of amides is 1. The smallest absolute Gasteiger partial charge is 0.412 e. The van der Waals surface area contributed by atoms with Crippen LogP contribution in [-0.4, -0.2) is 51.7 Å². The van der Waals surface area contributed by atoms with Crippen LogP contribution in [0, 0.1) is 0 Å². The van der Waals surface area contributed by atoms with Gasteiger partial charge in [0.15, 0.2) is 5.82 Å². The van der Waals surface area contributed by atoms with Crippen molar-refractivity contribution in [2.24, 2.45) is 0 Å². The topological polar surface area (TPSA) is 111 Å². The molecule has 2 aromatic heterocycles. The maximum atomic E-state index is 12.4. The Hall–Kier alpha value is -3.24. The molecule has 1 amide bonds. The predicted octanol–water partition coefficient (Wildman–Crippen LogP) is 5.45. The van der Waals surface area contributed by atoms with Gasteiger partial charge in [0.05, 0.1) is 0 Å². The van der Waals surface area contributed by atoms with Crippen molar-refractivity contribution in [3.8, 4) is 34.0 Å². The van der Waals surface area contributed by atoms with Gasteiger partial charge in [0.2, 0.25) is 0 Å². The summed E-state index contributed by atoms with van der Waals surface area (Å²) in [7, 11) is -1.17. The first kappa shape index (κ1) is 25.8. The fraction of sp³-hybridized carbons (Fsp3) is 0.462. The molecule has 1 aromatic carbocycles. The van der Waals surface area contributed by atoms with Crippen molar-refractivity contribution in [1.82, 2.24) is 25.1 Å². The quantitative estimate of drug-likeness (QED) is 0.291. The van der Waals surface area contributed by atoms with Gasteiger partial charge in [-0.05, 0) is 43.2 Å². The molecule has 0 spiro atoms. The van der Waals surface area contributed by atoms with Gasteiger partial charge in [0.25, 0.3) is 0 Å². The Balaban J connectivity index is 1.46. The Kier molecular flexibility index (Phi) is 8.37. The number of pyridine rings is 1. The van der Waals surface area contributed by atoms with E-state index in [2.05, 4.69) is 40.0 Å². The molecule has 1 saturated carbocycles. The highest BCUT2D eigenvalue weighted by atomic mass is 28.3. The highest BCUT2D eigenvalue weighted by molar-refractivity contribution is 6.76. The summed E-state index contributed by atoms with van der Waals surface area (Å²) in [6.45, 7) is 7.92. The second-order valence-corrected chi connectivity index (χ2v) is 16.1. The molecule has 0 bridgehead atoms. The monoisotopic (exact) mass is 509 g/mol. The van der Waals surface area contributed by atoms with Crippen LogP contribution in [0.5, 0.6) is 11.5 Å². The number of phenols is 1. The molecule has 0 saturated heterocycles. The zero-order valence-corrected chi connectivity index (χ0v) is 22.2. The Morgan fingerprint density at radius 1 is 1.14 bits per heavy atom. The molecule has 1 aliphatic carbocycles. The molecule has 2 heterocycles. The van der Waals surface area contributed by atoms with Gasteiger partial charge in [-0.2, -0.15) is 5.10 Å². The van der Waals surface area contributed by atoms with Gasteiger partial charge in [0.1, 0.15) is 24.6 Å². The minimum atomic E-state index is -1.17. The molecule has 4 rings (SSSR count). The van der Waals surface area contributed by atoms with Gasteiger partial charge >= 0.3 is 6.09 Å². The fourth-order valence-corrected chi connectivity index (χ4v) is 4.94. The molecule has 10 heteroatoms. The number of aromatic nitrogens is 4. The molecule has 9 nitrogen and oxygen atoms in total. The van der Waals surface area contributed by atoms with Crippen molar-refractivity contribution in [3.63, 3.8) is 0 Å². The second-order valence-electron chi connectivity index (χ2n) is 10.4. The number of hydrogen-bond acceptors (Lipinski definition) is 7. The van der Waals surface area contributed by atoms with Gasteiger partial charge in [-0.15, -0.1) is 0 Å².